The summed E-state index contributed by atoms with van der Waals surface area (Å²) in [5.41, 5.74) is 10.3. The first-order valence-corrected chi connectivity index (χ1v) is 7.61. The van der Waals surface area contributed by atoms with E-state index in [1.165, 1.54) is 6.07 Å². The van der Waals surface area contributed by atoms with Crippen LogP contribution in [0.1, 0.15) is 42.9 Å². The van der Waals surface area contributed by atoms with E-state index in [4.69, 9.17) is 11.5 Å². The molecule has 0 heterocycles. The summed E-state index contributed by atoms with van der Waals surface area (Å²) < 4.78 is 39.0. The fourth-order valence-electron chi connectivity index (χ4n) is 2.87. The van der Waals surface area contributed by atoms with Gasteiger partial charge < -0.3 is 16.6 Å². The molecule has 0 amide bonds. The molecule has 1 fully saturated rings. The Balaban J connectivity index is 2.32. The monoisotopic (exact) mass is 366 g/mol. The van der Waals surface area contributed by atoms with Gasteiger partial charge in [-0.3, -0.25) is 0 Å². The maximum Gasteiger partial charge on any atom is 0.418 e. The van der Waals surface area contributed by atoms with E-state index >= 15 is 0 Å². The zero-order valence-corrected chi connectivity index (χ0v) is 12.9. The average Bonchev–Trinajstić information content (AvgIpc) is 2.92. The van der Waals surface area contributed by atoms with Crippen LogP contribution in [0.3, 0.4) is 0 Å². The van der Waals surface area contributed by atoms with Gasteiger partial charge in [-0.2, -0.15) is 13.2 Å². The molecule has 0 bridgehead atoms. The molecule has 2 atom stereocenters. The second-order valence-electron chi connectivity index (χ2n) is 5.53. The van der Waals surface area contributed by atoms with Crippen LogP contribution < -0.4 is 11.5 Å². The quantitative estimate of drug-likeness (QED) is 0.715. The third kappa shape index (κ3) is 3.52. The van der Waals surface area contributed by atoms with E-state index in [1.807, 2.05) is 0 Å². The van der Waals surface area contributed by atoms with Crippen molar-refractivity contribution in [3.05, 3.63) is 27.7 Å². The van der Waals surface area contributed by atoms with Crippen LogP contribution in [-0.4, -0.2) is 11.1 Å². The first-order chi connectivity index (χ1) is 9.71. The normalized spacial score (nSPS) is 19.7. The van der Waals surface area contributed by atoms with Crippen LogP contribution >= 0.6 is 15.9 Å². The van der Waals surface area contributed by atoms with Gasteiger partial charge >= 0.3 is 6.18 Å². The van der Waals surface area contributed by atoms with Crippen LogP contribution in [0.2, 0.25) is 0 Å². The molecule has 1 aromatic carbocycles. The highest BCUT2D eigenvalue weighted by Gasteiger charge is 2.36. The Labute approximate surface area is 129 Å². The minimum absolute atomic E-state index is 0.116. The Morgan fingerprint density at radius 3 is 2.33 bits per heavy atom. The third-order valence-corrected chi connectivity index (χ3v) is 4.76. The molecule has 3 nitrogen and oxygen atoms in total. The van der Waals surface area contributed by atoms with Gasteiger partial charge in [-0.15, -0.1) is 0 Å². The second kappa shape index (κ2) is 6.14. The standard InChI is InChI=1S/C14H18BrF3N2O/c15-10-6-8(5-9(12(10)20)14(16,17)18)13(21)11(19)7-3-1-2-4-7/h5-7,11,13,21H,1-4,19-20H2. The molecule has 0 aromatic heterocycles. The van der Waals surface area contributed by atoms with Gasteiger partial charge in [0.2, 0.25) is 0 Å². The molecule has 1 aromatic rings. The average molecular weight is 367 g/mol. The van der Waals surface area contributed by atoms with Gasteiger partial charge in [0.1, 0.15) is 0 Å². The molecule has 1 saturated carbocycles. The summed E-state index contributed by atoms with van der Waals surface area (Å²) in [5, 5.41) is 10.3. The molecule has 1 aliphatic carbocycles. The van der Waals surface area contributed by atoms with E-state index in [-0.39, 0.29) is 21.6 Å². The summed E-state index contributed by atoms with van der Waals surface area (Å²) in [6.07, 6.45) is -1.80. The van der Waals surface area contributed by atoms with E-state index in [0.717, 1.165) is 31.7 Å². The summed E-state index contributed by atoms with van der Waals surface area (Å²) in [6, 6.07) is 1.73. The van der Waals surface area contributed by atoms with Gasteiger partial charge in [0.25, 0.3) is 0 Å². The lowest BCUT2D eigenvalue weighted by atomic mass is 9.89. The number of alkyl halides is 3. The Morgan fingerprint density at radius 1 is 1.24 bits per heavy atom. The maximum atomic E-state index is 13.0. The van der Waals surface area contributed by atoms with Gasteiger partial charge in [-0.1, -0.05) is 12.8 Å². The van der Waals surface area contributed by atoms with Crippen LogP contribution in [0.4, 0.5) is 18.9 Å². The highest BCUT2D eigenvalue weighted by atomic mass is 79.9. The molecule has 1 aliphatic rings. The number of anilines is 1. The molecule has 5 N–H and O–H groups in total. The van der Waals surface area contributed by atoms with Crippen molar-refractivity contribution in [1.82, 2.24) is 0 Å². The lowest BCUT2D eigenvalue weighted by Crippen LogP contribution is -2.35. The van der Waals surface area contributed by atoms with E-state index in [2.05, 4.69) is 15.9 Å². The maximum absolute atomic E-state index is 13.0. The molecule has 21 heavy (non-hydrogen) atoms. The van der Waals surface area contributed by atoms with Crippen LogP contribution in [-0.2, 0) is 6.18 Å². The molecule has 7 heteroatoms. The molecular formula is C14H18BrF3N2O. The topological polar surface area (TPSA) is 72.3 Å². The fraction of sp³-hybridized carbons (Fsp3) is 0.571. The summed E-state index contributed by atoms with van der Waals surface area (Å²) in [6.45, 7) is 0. The Kier molecular flexibility index (Phi) is 4.85. The van der Waals surface area contributed by atoms with Crippen molar-refractivity contribution in [2.75, 3.05) is 5.73 Å². The predicted octanol–water partition coefficient (Wildman–Crippen LogP) is 3.60. The predicted molar refractivity (Wildman–Crippen MR) is 78.4 cm³/mol. The largest absolute Gasteiger partial charge is 0.418 e. The molecule has 0 spiro atoms. The van der Waals surface area contributed by atoms with Crippen LogP contribution in [0.25, 0.3) is 0 Å². The number of hydrogen-bond acceptors (Lipinski definition) is 3. The minimum atomic E-state index is -4.57. The fourth-order valence-corrected chi connectivity index (χ4v) is 3.34. The van der Waals surface area contributed by atoms with Crippen molar-refractivity contribution >= 4 is 21.6 Å². The van der Waals surface area contributed by atoms with Crippen molar-refractivity contribution in [1.29, 1.82) is 0 Å². The minimum Gasteiger partial charge on any atom is -0.397 e. The highest BCUT2D eigenvalue weighted by Crippen LogP contribution is 2.40. The lowest BCUT2D eigenvalue weighted by Gasteiger charge is -2.26. The van der Waals surface area contributed by atoms with Gasteiger partial charge in [-0.25, -0.2) is 0 Å². The van der Waals surface area contributed by atoms with E-state index in [9.17, 15) is 18.3 Å². The van der Waals surface area contributed by atoms with Crippen molar-refractivity contribution in [2.45, 2.75) is 44.0 Å². The van der Waals surface area contributed by atoms with Gasteiger partial charge in [0.15, 0.2) is 0 Å². The van der Waals surface area contributed by atoms with Gasteiger partial charge in [0, 0.05) is 10.5 Å². The molecule has 2 rings (SSSR count). The van der Waals surface area contributed by atoms with E-state index < -0.39 is 23.9 Å². The first kappa shape index (κ1) is 16.6. The number of hydrogen-bond donors (Lipinski definition) is 3. The molecule has 0 aliphatic heterocycles. The number of nitrogen functional groups attached to an aromatic ring is 1. The van der Waals surface area contributed by atoms with Crippen LogP contribution in [0.15, 0.2) is 16.6 Å². The smallest absolute Gasteiger partial charge is 0.397 e. The number of halogens is 4. The molecule has 118 valence electrons. The Morgan fingerprint density at radius 2 is 1.81 bits per heavy atom. The molecule has 2 unspecified atom stereocenters. The number of aliphatic hydroxyl groups excluding tert-OH is 1. The summed E-state index contributed by atoms with van der Waals surface area (Å²) in [7, 11) is 0. The third-order valence-electron chi connectivity index (χ3n) is 4.11. The number of benzene rings is 1. The van der Waals surface area contributed by atoms with Gasteiger partial charge in [0.05, 0.1) is 17.4 Å². The van der Waals surface area contributed by atoms with Crippen molar-refractivity contribution < 1.29 is 18.3 Å². The SMILES string of the molecule is Nc1c(Br)cc(C(O)C(N)C2CCCC2)cc1C(F)(F)F. The number of nitrogens with two attached hydrogens (primary N) is 2. The van der Waals surface area contributed by atoms with Gasteiger partial charge in [-0.05, 0) is 52.4 Å². The Bertz CT molecular complexity index is 516. The molecular weight excluding hydrogens is 349 g/mol. The van der Waals surface area contributed by atoms with Crippen LogP contribution in [0.5, 0.6) is 0 Å². The molecule has 0 radical (unpaired) electrons. The summed E-state index contributed by atoms with van der Waals surface area (Å²) in [4.78, 5) is 0. The Hall–Kier alpha value is -0.790. The lowest BCUT2D eigenvalue weighted by molar-refractivity contribution is -0.137. The summed E-state index contributed by atoms with van der Waals surface area (Å²) in [5.74, 6) is 0.144. The van der Waals surface area contributed by atoms with E-state index in [0.29, 0.717) is 0 Å². The number of rotatable bonds is 3. The van der Waals surface area contributed by atoms with E-state index in [1.54, 1.807) is 0 Å². The first-order valence-electron chi connectivity index (χ1n) is 6.81. The second-order valence-corrected chi connectivity index (χ2v) is 6.38. The van der Waals surface area contributed by atoms with Crippen molar-refractivity contribution in [2.24, 2.45) is 11.7 Å². The van der Waals surface area contributed by atoms with Crippen LogP contribution in [0, 0.1) is 5.92 Å². The zero-order valence-electron chi connectivity index (χ0n) is 11.3. The van der Waals surface area contributed by atoms with Crippen molar-refractivity contribution in [3.8, 4) is 0 Å². The highest BCUT2D eigenvalue weighted by molar-refractivity contribution is 9.10. The zero-order chi connectivity index (χ0) is 15.8. The molecule has 0 saturated heterocycles. The number of aliphatic hydroxyl groups is 1. The summed E-state index contributed by atoms with van der Waals surface area (Å²) >= 11 is 3.01. The van der Waals surface area contributed by atoms with Crippen molar-refractivity contribution in [3.63, 3.8) is 0 Å².